The maximum atomic E-state index is 5.71. The van der Waals surface area contributed by atoms with E-state index in [4.69, 9.17) is 9.57 Å². The van der Waals surface area contributed by atoms with Crippen molar-refractivity contribution in [3.8, 4) is 5.75 Å². The molecule has 1 saturated heterocycles. The second kappa shape index (κ2) is 4.37. The van der Waals surface area contributed by atoms with Gasteiger partial charge in [-0.15, -0.1) is 0 Å². The molecule has 0 radical (unpaired) electrons. The van der Waals surface area contributed by atoms with Gasteiger partial charge in [0, 0.05) is 11.6 Å². The molecule has 2 heterocycles. The third-order valence-electron chi connectivity index (χ3n) is 4.85. The van der Waals surface area contributed by atoms with Gasteiger partial charge in [-0.25, -0.2) is 0 Å². The number of nitrogens with one attached hydrogen (secondary N) is 1. The van der Waals surface area contributed by atoms with Crippen LogP contribution in [0, 0.1) is 17.8 Å². The molecule has 2 aliphatic heterocycles. The van der Waals surface area contributed by atoms with Gasteiger partial charge < -0.3 is 14.9 Å². The number of hydrogen-bond acceptors (Lipinski definition) is 5. The lowest BCUT2D eigenvalue weighted by atomic mass is 10.1. The Bertz CT molecular complexity index is 572. The third kappa shape index (κ3) is 1.91. The Morgan fingerprint density at radius 3 is 2.52 bits per heavy atom. The zero-order chi connectivity index (χ0) is 14.6. The van der Waals surface area contributed by atoms with Crippen molar-refractivity contribution >= 4 is 11.5 Å². The van der Waals surface area contributed by atoms with Gasteiger partial charge in [-0.05, 0) is 63.0 Å². The molecule has 0 aromatic heterocycles. The molecule has 0 spiro atoms. The number of rotatable bonds is 3. The number of ether oxygens (including phenoxy) is 1. The first kappa shape index (κ1) is 13.0. The number of hydrogen-bond donors (Lipinski definition) is 1. The van der Waals surface area contributed by atoms with Gasteiger partial charge in [0.15, 0.2) is 5.84 Å². The number of oxime groups is 1. The highest BCUT2D eigenvalue weighted by molar-refractivity contribution is 6.03. The SMILES string of the molecule is COc1ccc(N2C(C3C4CNCC43)=NOC2(C)C)cc1. The van der Waals surface area contributed by atoms with E-state index < -0.39 is 5.72 Å². The first-order valence-corrected chi connectivity index (χ1v) is 7.53. The van der Waals surface area contributed by atoms with Gasteiger partial charge in [-0.2, -0.15) is 0 Å². The molecule has 2 fully saturated rings. The molecule has 2 unspecified atom stereocenters. The van der Waals surface area contributed by atoms with Crippen LogP contribution in [0.15, 0.2) is 29.4 Å². The minimum atomic E-state index is -0.436. The molecule has 112 valence electrons. The van der Waals surface area contributed by atoms with Crippen LogP contribution < -0.4 is 15.0 Å². The minimum Gasteiger partial charge on any atom is -0.497 e. The van der Waals surface area contributed by atoms with Gasteiger partial charge >= 0.3 is 0 Å². The predicted octanol–water partition coefficient (Wildman–Crippen LogP) is 2.05. The third-order valence-corrected chi connectivity index (χ3v) is 4.85. The number of amidine groups is 1. The van der Waals surface area contributed by atoms with Crippen LogP contribution in [0.5, 0.6) is 5.75 Å². The van der Waals surface area contributed by atoms with Crippen LogP contribution in [-0.4, -0.2) is 31.8 Å². The van der Waals surface area contributed by atoms with E-state index in [9.17, 15) is 0 Å². The summed E-state index contributed by atoms with van der Waals surface area (Å²) in [6, 6.07) is 8.11. The summed E-state index contributed by atoms with van der Waals surface area (Å²) in [4.78, 5) is 7.94. The van der Waals surface area contributed by atoms with Crippen molar-refractivity contribution in [1.29, 1.82) is 0 Å². The number of benzene rings is 1. The quantitative estimate of drug-likeness (QED) is 0.924. The molecule has 5 nitrogen and oxygen atoms in total. The van der Waals surface area contributed by atoms with Gasteiger partial charge in [-0.1, -0.05) is 5.16 Å². The lowest BCUT2D eigenvalue weighted by molar-refractivity contribution is 0.0138. The molecule has 1 aromatic carbocycles. The molecule has 2 atom stereocenters. The maximum Gasteiger partial charge on any atom is 0.209 e. The normalized spacial score (nSPS) is 32.4. The Labute approximate surface area is 124 Å². The number of methoxy groups -OCH3 is 1. The largest absolute Gasteiger partial charge is 0.497 e. The van der Waals surface area contributed by atoms with Crippen molar-refractivity contribution in [2.75, 3.05) is 25.1 Å². The Balaban J connectivity index is 1.64. The van der Waals surface area contributed by atoms with E-state index in [0.29, 0.717) is 5.92 Å². The molecule has 3 aliphatic rings. The summed E-state index contributed by atoms with van der Waals surface area (Å²) in [5.41, 5.74) is 0.670. The van der Waals surface area contributed by atoms with E-state index in [1.807, 2.05) is 12.1 Å². The van der Waals surface area contributed by atoms with Crippen LogP contribution in [-0.2, 0) is 4.84 Å². The monoisotopic (exact) mass is 287 g/mol. The zero-order valence-corrected chi connectivity index (χ0v) is 12.7. The molecule has 5 heteroatoms. The topological polar surface area (TPSA) is 46.1 Å². The van der Waals surface area contributed by atoms with Crippen LogP contribution in [0.1, 0.15) is 13.8 Å². The van der Waals surface area contributed by atoms with E-state index in [2.05, 4.69) is 41.4 Å². The van der Waals surface area contributed by atoms with Crippen molar-refractivity contribution < 1.29 is 9.57 Å². The fourth-order valence-corrected chi connectivity index (χ4v) is 3.70. The lowest BCUT2D eigenvalue weighted by Crippen LogP contribution is -2.45. The van der Waals surface area contributed by atoms with E-state index in [0.717, 1.165) is 42.2 Å². The van der Waals surface area contributed by atoms with E-state index in [1.165, 1.54) is 0 Å². The van der Waals surface area contributed by atoms with Crippen molar-refractivity contribution in [2.24, 2.45) is 22.9 Å². The number of piperidine rings is 1. The fraction of sp³-hybridized carbons (Fsp3) is 0.562. The molecule has 0 amide bonds. The molecule has 0 bridgehead atoms. The Morgan fingerprint density at radius 2 is 1.90 bits per heavy atom. The minimum absolute atomic E-state index is 0.436. The van der Waals surface area contributed by atoms with Crippen molar-refractivity contribution in [1.82, 2.24) is 5.32 Å². The molecular formula is C16H21N3O2. The zero-order valence-electron chi connectivity index (χ0n) is 12.7. The number of anilines is 1. The molecule has 1 N–H and O–H groups in total. The summed E-state index contributed by atoms with van der Waals surface area (Å²) in [5.74, 6) is 3.93. The van der Waals surface area contributed by atoms with Gasteiger partial charge in [0.05, 0.1) is 7.11 Å². The second-order valence-corrected chi connectivity index (χ2v) is 6.53. The molecular weight excluding hydrogens is 266 g/mol. The smallest absolute Gasteiger partial charge is 0.209 e. The van der Waals surface area contributed by atoms with Crippen molar-refractivity contribution in [2.45, 2.75) is 19.6 Å². The summed E-state index contributed by atoms with van der Waals surface area (Å²) in [6.07, 6.45) is 0. The van der Waals surface area contributed by atoms with Gasteiger partial charge in [0.1, 0.15) is 5.75 Å². The molecule has 1 aliphatic carbocycles. The molecule has 1 aromatic rings. The number of fused-ring (bicyclic) bond motifs is 1. The summed E-state index contributed by atoms with van der Waals surface area (Å²) in [6.45, 7) is 6.32. The predicted molar refractivity (Wildman–Crippen MR) is 81.4 cm³/mol. The summed E-state index contributed by atoms with van der Waals surface area (Å²) >= 11 is 0. The fourth-order valence-electron chi connectivity index (χ4n) is 3.70. The molecule has 4 rings (SSSR count). The van der Waals surface area contributed by atoms with Crippen LogP contribution in [0.25, 0.3) is 0 Å². The van der Waals surface area contributed by atoms with Crippen LogP contribution in [0.2, 0.25) is 0 Å². The summed E-state index contributed by atoms with van der Waals surface area (Å²) < 4.78 is 5.24. The highest BCUT2D eigenvalue weighted by Gasteiger charge is 2.59. The van der Waals surface area contributed by atoms with Crippen LogP contribution in [0.4, 0.5) is 5.69 Å². The van der Waals surface area contributed by atoms with Gasteiger partial charge in [0.25, 0.3) is 0 Å². The highest BCUT2D eigenvalue weighted by atomic mass is 16.7. The molecule has 21 heavy (non-hydrogen) atoms. The first-order chi connectivity index (χ1) is 10.1. The summed E-state index contributed by atoms with van der Waals surface area (Å²) in [5, 5.41) is 7.85. The van der Waals surface area contributed by atoms with Gasteiger partial charge in [-0.3, -0.25) is 4.90 Å². The van der Waals surface area contributed by atoms with Gasteiger partial charge in [0.2, 0.25) is 5.72 Å². The van der Waals surface area contributed by atoms with Crippen LogP contribution in [0.3, 0.4) is 0 Å². The maximum absolute atomic E-state index is 5.71. The average Bonchev–Trinajstić information content (AvgIpc) is 2.84. The average molecular weight is 287 g/mol. The molecule has 1 saturated carbocycles. The van der Waals surface area contributed by atoms with E-state index in [1.54, 1.807) is 7.11 Å². The van der Waals surface area contributed by atoms with Crippen molar-refractivity contribution in [3.05, 3.63) is 24.3 Å². The van der Waals surface area contributed by atoms with E-state index >= 15 is 0 Å². The lowest BCUT2D eigenvalue weighted by Gasteiger charge is -2.31. The Kier molecular flexibility index (Phi) is 2.70. The van der Waals surface area contributed by atoms with Crippen molar-refractivity contribution in [3.63, 3.8) is 0 Å². The highest BCUT2D eigenvalue weighted by Crippen LogP contribution is 2.52. The van der Waals surface area contributed by atoms with E-state index in [-0.39, 0.29) is 0 Å². The summed E-state index contributed by atoms with van der Waals surface area (Å²) in [7, 11) is 1.68. The Morgan fingerprint density at radius 1 is 1.24 bits per heavy atom. The number of nitrogens with zero attached hydrogens (tertiary/aromatic N) is 2. The standard InChI is InChI=1S/C16H21N3O2/c1-16(2)19(10-4-6-11(20-3)7-5-10)15(18-21-16)14-12-8-17-9-13(12)14/h4-7,12-14,17H,8-9H2,1-3H3. The van der Waals surface area contributed by atoms with Crippen LogP contribution >= 0.6 is 0 Å². The first-order valence-electron chi connectivity index (χ1n) is 7.53. The second-order valence-electron chi connectivity index (χ2n) is 6.53. The Hall–Kier alpha value is -1.75.